The zero-order valence-electron chi connectivity index (χ0n) is 10.1. The highest BCUT2D eigenvalue weighted by Crippen LogP contribution is 2.34. The van der Waals surface area contributed by atoms with Gasteiger partial charge in [0.15, 0.2) is 5.82 Å². The number of aromatic nitrogens is 3. The van der Waals surface area contributed by atoms with E-state index in [1.165, 1.54) is 11.3 Å². The minimum Gasteiger partial charge on any atom is -0.384 e. The normalized spacial score (nSPS) is 18.2. The number of nitrogens with zero attached hydrogens (tertiary/aromatic N) is 2. The van der Waals surface area contributed by atoms with Gasteiger partial charge in [-0.2, -0.15) is 5.10 Å². The number of nitrogens with one attached hydrogen (secondary N) is 2. The van der Waals surface area contributed by atoms with E-state index in [4.69, 9.17) is 0 Å². The van der Waals surface area contributed by atoms with Crippen LogP contribution in [0.25, 0.3) is 0 Å². The topological polar surface area (TPSA) is 53.6 Å². The molecule has 17 heavy (non-hydrogen) atoms. The third-order valence-electron chi connectivity index (χ3n) is 3.20. The van der Waals surface area contributed by atoms with E-state index < -0.39 is 0 Å². The number of fused-ring (bicyclic) bond motifs is 1. The first-order valence-electron chi connectivity index (χ1n) is 6.00. The first-order chi connectivity index (χ1) is 8.25. The number of hydrogen-bond donors (Lipinski definition) is 2. The van der Waals surface area contributed by atoms with Gasteiger partial charge in [-0.05, 0) is 11.6 Å². The maximum absolute atomic E-state index is 4.58. The highest BCUT2D eigenvalue weighted by Gasteiger charge is 2.26. The largest absolute Gasteiger partial charge is 0.384 e. The molecule has 2 aromatic rings. The summed E-state index contributed by atoms with van der Waals surface area (Å²) in [6.45, 7) is 5.10. The summed E-state index contributed by atoms with van der Waals surface area (Å²) < 4.78 is 0. The Balaban J connectivity index is 1.95. The third kappa shape index (κ3) is 1.69. The van der Waals surface area contributed by atoms with Crippen LogP contribution in [0.1, 0.15) is 42.9 Å². The SMILES string of the molecule is CC(C)c1n[nH]c(C2CNc3ccccc32)n1. The summed E-state index contributed by atoms with van der Waals surface area (Å²) >= 11 is 0. The molecule has 88 valence electrons. The van der Waals surface area contributed by atoms with Crippen LogP contribution in [0.3, 0.4) is 0 Å². The zero-order valence-corrected chi connectivity index (χ0v) is 10.1. The molecule has 2 heterocycles. The lowest BCUT2D eigenvalue weighted by molar-refractivity contribution is 0.778. The molecule has 0 amide bonds. The number of rotatable bonds is 2. The molecule has 0 spiro atoms. The van der Waals surface area contributed by atoms with Crippen LogP contribution in [-0.2, 0) is 0 Å². The molecular weight excluding hydrogens is 212 g/mol. The second-order valence-electron chi connectivity index (χ2n) is 4.75. The maximum atomic E-state index is 4.58. The van der Waals surface area contributed by atoms with Crippen LogP contribution in [0, 0.1) is 0 Å². The predicted molar refractivity (Wildman–Crippen MR) is 67.2 cm³/mol. The molecule has 4 nitrogen and oxygen atoms in total. The average Bonchev–Trinajstić information content (AvgIpc) is 2.95. The summed E-state index contributed by atoms with van der Waals surface area (Å²) in [5, 5.41) is 10.7. The summed E-state index contributed by atoms with van der Waals surface area (Å²) in [6.07, 6.45) is 0. The Labute approximate surface area is 100 Å². The lowest BCUT2D eigenvalue weighted by Gasteiger charge is -2.05. The molecule has 0 aliphatic carbocycles. The minimum atomic E-state index is 0.297. The van der Waals surface area contributed by atoms with Gasteiger partial charge in [0.25, 0.3) is 0 Å². The van der Waals surface area contributed by atoms with E-state index in [1.807, 2.05) is 6.07 Å². The monoisotopic (exact) mass is 228 g/mol. The Morgan fingerprint density at radius 1 is 1.29 bits per heavy atom. The summed E-state index contributed by atoms with van der Waals surface area (Å²) in [6, 6.07) is 8.37. The molecule has 0 bridgehead atoms. The fourth-order valence-corrected chi connectivity index (χ4v) is 2.23. The number of H-pyrrole nitrogens is 1. The molecule has 0 fully saturated rings. The van der Waals surface area contributed by atoms with Gasteiger partial charge in [0.1, 0.15) is 5.82 Å². The van der Waals surface area contributed by atoms with Crippen molar-refractivity contribution in [3.63, 3.8) is 0 Å². The van der Waals surface area contributed by atoms with Crippen molar-refractivity contribution in [3.8, 4) is 0 Å². The molecule has 1 aliphatic heterocycles. The van der Waals surface area contributed by atoms with Crippen molar-refractivity contribution < 1.29 is 0 Å². The second kappa shape index (κ2) is 3.87. The first-order valence-corrected chi connectivity index (χ1v) is 6.00. The number of benzene rings is 1. The van der Waals surface area contributed by atoms with Gasteiger partial charge in [0, 0.05) is 18.2 Å². The van der Waals surface area contributed by atoms with E-state index in [0.717, 1.165) is 18.2 Å². The number of para-hydroxylation sites is 1. The molecule has 3 rings (SSSR count). The van der Waals surface area contributed by atoms with Crippen molar-refractivity contribution in [1.82, 2.24) is 15.2 Å². The molecule has 1 unspecified atom stereocenters. The van der Waals surface area contributed by atoms with Gasteiger partial charge in [-0.15, -0.1) is 0 Å². The van der Waals surface area contributed by atoms with Crippen molar-refractivity contribution in [1.29, 1.82) is 0 Å². The molecule has 2 N–H and O–H groups in total. The van der Waals surface area contributed by atoms with Crippen LogP contribution in [0.4, 0.5) is 5.69 Å². The molecule has 1 aromatic heterocycles. The molecule has 1 aliphatic rings. The first kappa shape index (κ1) is 10.3. The van der Waals surface area contributed by atoms with Gasteiger partial charge in [0.05, 0.1) is 5.92 Å². The smallest absolute Gasteiger partial charge is 0.153 e. The zero-order chi connectivity index (χ0) is 11.8. The van der Waals surface area contributed by atoms with Crippen molar-refractivity contribution in [2.75, 3.05) is 11.9 Å². The summed E-state index contributed by atoms with van der Waals surface area (Å²) in [7, 11) is 0. The Morgan fingerprint density at radius 2 is 2.12 bits per heavy atom. The van der Waals surface area contributed by atoms with Gasteiger partial charge in [-0.1, -0.05) is 32.0 Å². The second-order valence-corrected chi connectivity index (χ2v) is 4.75. The highest BCUT2D eigenvalue weighted by atomic mass is 15.2. The quantitative estimate of drug-likeness (QED) is 0.830. The van der Waals surface area contributed by atoms with Gasteiger partial charge in [0.2, 0.25) is 0 Å². The van der Waals surface area contributed by atoms with Crippen molar-refractivity contribution in [3.05, 3.63) is 41.5 Å². The Morgan fingerprint density at radius 3 is 2.88 bits per heavy atom. The highest BCUT2D eigenvalue weighted by molar-refractivity contribution is 5.59. The van der Waals surface area contributed by atoms with Crippen LogP contribution < -0.4 is 5.32 Å². The van der Waals surface area contributed by atoms with Crippen LogP contribution in [0.15, 0.2) is 24.3 Å². The van der Waals surface area contributed by atoms with Crippen LogP contribution in [-0.4, -0.2) is 21.7 Å². The molecule has 4 heteroatoms. The number of aromatic amines is 1. The van der Waals surface area contributed by atoms with E-state index in [2.05, 4.69) is 52.5 Å². The van der Waals surface area contributed by atoms with E-state index in [1.54, 1.807) is 0 Å². The third-order valence-corrected chi connectivity index (χ3v) is 3.20. The Kier molecular flexibility index (Phi) is 2.35. The molecular formula is C13H16N4. The van der Waals surface area contributed by atoms with E-state index in [0.29, 0.717) is 11.8 Å². The van der Waals surface area contributed by atoms with Crippen molar-refractivity contribution >= 4 is 5.69 Å². The van der Waals surface area contributed by atoms with Crippen LogP contribution in [0.5, 0.6) is 0 Å². The van der Waals surface area contributed by atoms with Crippen molar-refractivity contribution in [2.24, 2.45) is 0 Å². The van der Waals surface area contributed by atoms with Crippen LogP contribution >= 0.6 is 0 Å². The lowest BCUT2D eigenvalue weighted by atomic mass is 10.0. The van der Waals surface area contributed by atoms with Crippen molar-refractivity contribution in [2.45, 2.75) is 25.7 Å². The fraction of sp³-hybridized carbons (Fsp3) is 0.385. The minimum absolute atomic E-state index is 0.297. The molecule has 1 atom stereocenters. The van der Waals surface area contributed by atoms with Gasteiger partial charge in [-0.3, -0.25) is 5.10 Å². The fourth-order valence-electron chi connectivity index (χ4n) is 2.23. The van der Waals surface area contributed by atoms with E-state index >= 15 is 0 Å². The number of hydrogen-bond acceptors (Lipinski definition) is 3. The lowest BCUT2D eigenvalue weighted by Crippen LogP contribution is -2.05. The standard InChI is InChI=1S/C13H16N4/c1-8(2)12-15-13(17-16-12)10-7-14-11-6-4-3-5-9(10)11/h3-6,8,10,14H,7H2,1-2H3,(H,15,16,17). The van der Waals surface area contributed by atoms with E-state index in [-0.39, 0.29) is 0 Å². The molecule has 1 aromatic carbocycles. The van der Waals surface area contributed by atoms with Crippen LogP contribution in [0.2, 0.25) is 0 Å². The molecule has 0 radical (unpaired) electrons. The number of anilines is 1. The van der Waals surface area contributed by atoms with Gasteiger partial charge < -0.3 is 5.32 Å². The predicted octanol–water partition coefficient (Wildman–Crippen LogP) is 2.49. The van der Waals surface area contributed by atoms with Gasteiger partial charge >= 0.3 is 0 Å². The van der Waals surface area contributed by atoms with Gasteiger partial charge in [-0.25, -0.2) is 4.98 Å². The molecule has 0 saturated heterocycles. The van der Waals surface area contributed by atoms with E-state index in [9.17, 15) is 0 Å². The Hall–Kier alpha value is -1.84. The Bertz CT molecular complexity index is 530. The summed E-state index contributed by atoms with van der Waals surface area (Å²) in [4.78, 5) is 4.58. The molecule has 0 saturated carbocycles. The maximum Gasteiger partial charge on any atom is 0.153 e. The average molecular weight is 228 g/mol. The summed E-state index contributed by atoms with van der Waals surface area (Å²) in [5.41, 5.74) is 2.51. The summed E-state index contributed by atoms with van der Waals surface area (Å²) in [5.74, 6) is 2.52.